The number of aromatic nitrogens is 3. The number of primary amides is 1. The number of nitrogens with zero attached hydrogens (tertiary/aromatic N) is 2. The predicted molar refractivity (Wildman–Crippen MR) is 104 cm³/mol. The van der Waals surface area contributed by atoms with Crippen molar-refractivity contribution in [3.05, 3.63) is 64.6 Å². The highest BCUT2D eigenvalue weighted by atomic mass is 16.2. The summed E-state index contributed by atoms with van der Waals surface area (Å²) in [7, 11) is 0. The number of carbonyl (C=O) groups excluding carboxylic acids is 1. The molecule has 2 heterocycles. The van der Waals surface area contributed by atoms with Crippen LogP contribution in [-0.4, -0.2) is 33.9 Å². The van der Waals surface area contributed by atoms with Crippen LogP contribution in [0.3, 0.4) is 0 Å². The molecule has 0 atom stereocenters. The van der Waals surface area contributed by atoms with Gasteiger partial charge in [-0.3, -0.25) is 19.6 Å². The first-order valence-corrected chi connectivity index (χ1v) is 8.25. The Morgan fingerprint density at radius 3 is 2.56 bits per heavy atom. The van der Waals surface area contributed by atoms with Gasteiger partial charge in [0.1, 0.15) is 5.56 Å². The number of hydrogen-bond donors (Lipinski definition) is 5. The average molecular weight is 365 g/mol. The Morgan fingerprint density at radius 2 is 1.93 bits per heavy atom. The van der Waals surface area contributed by atoms with Crippen molar-refractivity contribution in [2.45, 2.75) is 0 Å². The van der Waals surface area contributed by atoms with E-state index in [-0.39, 0.29) is 17.3 Å². The molecule has 0 fully saturated rings. The number of anilines is 3. The van der Waals surface area contributed by atoms with Gasteiger partial charge in [0.05, 0.1) is 17.6 Å². The zero-order valence-corrected chi connectivity index (χ0v) is 14.4. The lowest BCUT2D eigenvalue weighted by Gasteiger charge is -2.11. The number of carbonyl (C=O) groups is 1. The first-order chi connectivity index (χ1) is 13.1. The Labute approximate surface area is 154 Å². The summed E-state index contributed by atoms with van der Waals surface area (Å²) in [6.07, 6.45) is 1.59. The van der Waals surface area contributed by atoms with Gasteiger partial charge in [0.2, 0.25) is 5.95 Å². The van der Waals surface area contributed by atoms with Crippen LogP contribution >= 0.6 is 0 Å². The van der Waals surface area contributed by atoms with Gasteiger partial charge in [-0.25, -0.2) is 0 Å². The molecule has 1 aromatic carbocycles. The number of aromatic amines is 1. The normalized spacial score (nSPS) is 10.4. The molecule has 3 rings (SSSR count). The van der Waals surface area contributed by atoms with Crippen LogP contribution in [-0.2, 0) is 0 Å². The lowest BCUT2D eigenvalue weighted by molar-refractivity contribution is 0.0999. The molecule has 2 aromatic heterocycles. The van der Waals surface area contributed by atoms with Crippen molar-refractivity contribution in [1.29, 1.82) is 0 Å². The molecule has 9 heteroatoms. The second-order valence-electron chi connectivity index (χ2n) is 5.64. The minimum atomic E-state index is -0.884. The third kappa shape index (κ3) is 4.28. The summed E-state index contributed by atoms with van der Waals surface area (Å²) in [5.41, 5.74) is 12.2. The van der Waals surface area contributed by atoms with E-state index in [9.17, 15) is 9.59 Å². The zero-order valence-electron chi connectivity index (χ0n) is 14.4. The number of H-pyrrole nitrogens is 1. The van der Waals surface area contributed by atoms with Crippen LogP contribution in [0.5, 0.6) is 0 Å². The number of pyridine rings is 1. The van der Waals surface area contributed by atoms with Gasteiger partial charge in [0.25, 0.3) is 11.5 Å². The number of benzene rings is 1. The molecule has 0 saturated heterocycles. The van der Waals surface area contributed by atoms with Crippen LogP contribution in [0.15, 0.2) is 53.5 Å². The van der Waals surface area contributed by atoms with E-state index in [1.54, 1.807) is 12.3 Å². The second kappa shape index (κ2) is 8.11. The summed E-state index contributed by atoms with van der Waals surface area (Å²) in [5, 5.41) is 5.78. The Balaban J connectivity index is 1.90. The number of amides is 1. The van der Waals surface area contributed by atoms with Gasteiger partial charge in [0, 0.05) is 18.7 Å². The van der Waals surface area contributed by atoms with Gasteiger partial charge in [-0.05, 0) is 12.1 Å². The average Bonchev–Trinajstić information content (AvgIpc) is 2.67. The van der Waals surface area contributed by atoms with E-state index in [1.807, 2.05) is 36.4 Å². The lowest BCUT2D eigenvalue weighted by atomic mass is 10.1. The molecule has 1 amide bonds. The van der Waals surface area contributed by atoms with Gasteiger partial charge in [-0.15, -0.1) is 0 Å². The van der Waals surface area contributed by atoms with E-state index in [1.165, 1.54) is 0 Å². The van der Waals surface area contributed by atoms with Crippen LogP contribution in [0.25, 0.3) is 11.3 Å². The Hall–Kier alpha value is -3.72. The van der Waals surface area contributed by atoms with Crippen LogP contribution < -0.4 is 27.7 Å². The van der Waals surface area contributed by atoms with Crippen LogP contribution in [0, 0.1) is 0 Å². The van der Waals surface area contributed by atoms with Crippen molar-refractivity contribution in [2.75, 3.05) is 23.7 Å². The monoisotopic (exact) mass is 365 g/mol. The Bertz CT molecular complexity index is 985. The van der Waals surface area contributed by atoms with Gasteiger partial charge < -0.3 is 22.1 Å². The standard InChI is InChI=1S/C18H19N7O2/c19-8-9-21-18-24-16(14(15(20)26)17(27)25-18)23-12-6-7-13(22-10-12)11-4-2-1-3-5-11/h1-7,10H,8-9,19H2,(H2,20,26)(H3,21,23,24,25,27). The molecule has 0 spiro atoms. The van der Waals surface area contributed by atoms with E-state index < -0.39 is 11.5 Å². The summed E-state index contributed by atoms with van der Waals surface area (Å²) < 4.78 is 0. The van der Waals surface area contributed by atoms with Gasteiger partial charge >= 0.3 is 0 Å². The molecule has 0 bridgehead atoms. The van der Waals surface area contributed by atoms with Crippen LogP contribution in [0.4, 0.5) is 17.5 Å². The van der Waals surface area contributed by atoms with E-state index >= 15 is 0 Å². The molecule has 0 aliphatic heterocycles. The fourth-order valence-corrected chi connectivity index (χ4v) is 2.45. The molecular weight excluding hydrogens is 346 g/mol. The van der Waals surface area contributed by atoms with E-state index in [2.05, 4.69) is 25.6 Å². The third-order valence-electron chi connectivity index (χ3n) is 3.70. The van der Waals surface area contributed by atoms with Gasteiger partial charge in [-0.2, -0.15) is 4.98 Å². The van der Waals surface area contributed by atoms with Gasteiger partial charge in [-0.1, -0.05) is 30.3 Å². The SMILES string of the molecule is NCCNc1nc(Nc2ccc(-c3ccccc3)nc2)c(C(N)=O)c(=O)[nH]1. The summed E-state index contributed by atoms with van der Waals surface area (Å²) in [6.45, 7) is 0.764. The number of hydrogen-bond acceptors (Lipinski definition) is 7. The lowest BCUT2D eigenvalue weighted by Crippen LogP contribution is -2.28. The summed E-state index contributed by atoms with van der Waals surface area (Å²) in [5.74, 6) is -0.655. The molecule has 0 aliphatic rings. The minimum absolute atomic E-state index is 0.0417. The highest BCUT2D eigenvalue weighted by Crippen LogP contribution is 2.21. The fourth-order valence-electron chi connectivity index (χ4n) is 2.45. The second-order valence-corrected chi connectivity index (χ2v) is 5.64. The molecule has 27 heavy (non-hydrogen) atoms. The van der Waals surface area contributed by atoms with Crippen molar-refractivity contribution in [1.82, 2.24) is 15.0 Å². The smallest absolute Gasteiger partial charge is 0.267 e. The zero-order chi connectivity index (χ0) is 19.2. The Kier molecular flexibility index (Phi) is 5.43. The van der Waals surface area contributed by atoms with E-state index in [4.69, 9.17) is 11.5 Å². The maximum Gasteiger partial charge on any atom is 0.267 e. The maximum absolute atomic E-state index is 12.2. The summed E-state index contributed by atoms with van der Waals surface area (Å²) in [4.78, 5) is 34.9. The van der Waals surface area contributed by atoms with Gasteiger partial charge in [0.15, 0.2) is 5.82 Å². The molecule has 9 nitrogen and oxygen atoms in total. The maximum atomic E-state index is 12.2. The molecule has 0 radical (unpaired) electrons. The van der Waals surface area contributed by atoms with Crippen molar-refractivity contribution in [3.63, 3.8) is 0 Å². The van der Waals surface area contributed by atoms with E-state index in [0.29, 0.717) is 18.8 Å². The number of nitrogens with two attached hydrogens (primary N) is 2. The third-order valence-corrected chi connectivity index (χ3v) is 3.70. The predicted octanol–water partition coefficient (Wildman–Crippen LogP) is 1.04. The topological polar surface area (TPSA) is 152 Å². The highest BCUT2D eigenvalue weighted by molar-refractivity contribution is 5.98. The van der Waals surface area contributed by atoms with Crippen molar-refractivity contribution in [2.24, 2.45) is 11.5 Å². The van der Waals surface area contributed by atoms with Crippen molar-refractivity contribution < 1.29 is 4.79 Å². The summed E-state index contributed by atoms with van der Waals surface area (Å²) in [6, 6.07) is 13.3. The largest absolute Gasteiger partial charge is 0.365 e. The quantitative estimate of drug-likeness (QED) is 0.419. The molecule has 0 saturated carbocycles. The molecule has 3 aromatic rings. The molecule has 0 aliphatic carbocycles. The molecular formula is C18H19N7O2. The minimum Gasteiger partial charge on any atom is -0.365 e. The fraction of sp³-hybridized carbons (Fsp3) is 0.111. The van der Waals surface area contributed by atoms with Crippen LogP contribution in [0.1, 0.15) is 10.4 Å². The van der Waals surface area contributed by atoms with Crippen LogP contribution in [0.2, 0.25) is 0 Å². The number of rotatable bonds is 7. The highest BCUT2D eigenvalue weighted by Gasteiger charge is 2.17. The Morgan fingerprint density at radius 1 is 1.15 bits per heavy atom. The molecule has 7 N–H and O–H groups in total. The number of nitrogens with one attached hydrogen (secondary N) is 3. The van der Waals surface area contributed by atoms with Crippen molar-refractivity contribution >= 4 is 23.4 Å². The van der Waals surface area contributed by atoms with Crippen molar-refractivity contribution in [3.8, 4) is 11.3 Å². The molecule has 138 valence electrons. The molecule has 0 unspecified atom stereocenters. The van der Waals surface area contributed by atoms with E-state index in [0.717, 1.165) is 11.3 Å². The first kappa shape index (κ1) is 18.1. The summed E-state index contributed by atoms with van der Waals surface area (Å²) >= 11 is 0. The first-order valence-electron chi connectivity index (χ1n) is 8.25.